The minimum absolute atomic E-state index is 0.00505. The number of piperazine rings is 1. The van der Waals surface area contributed by atoms with E-state index in [1.54, 1.807) is 7.05 Å². The molecule has 0 spiro atoms. The zero-order valence-corrected chi connectivity index (χ0v) is 8.63. The van der Waals surface area contributed by atoms with Gasteiger partial charge in [-0.2, -0.15) is 0 Å². The molecule has 1 fully saturated rings. The largest absolute Gasteiger partial charge is 0.358 e. The average molecular weight is 185 g/mol. The first-order chi connectivity index (χ1) is 6.15. The van der Waals surface area contributed by atoms with Gasteiger partial charge in [-0.1, -0.05) is 0 Å². The quantitative estimate of drug-likeness (QED) is 0.604. The van der Waals surface area contributed by atoms with E-state index >= 15 is 0 Å². The van der Waals surface area contributed by atoms with Crippen molar-refractivity contribution in [2.24, 2.45) is 0 Å². The number of nitrogens with one attached hydrogen (secondary N) is 2. The fraction of sp³-hybridized carbons (Fsp3) is 0.889. The fourth-order valence-electron chi connectivity index (χ4n) is 1.69. The van der Waals surface area contributed by atoms with E-state index in [0.29, 0.717) is 6.04 Å². The Balaban J connectivity index is 2.45. The standard InChI is InChI=1S/C9H19N3O/c1-7-6-12(5-4-11-7)8(2)9(13)10-3/h7-8,11H,4-6H2,1-3H3,(H,10,13)/t7-,8?/m1/s1. The molecule has 0 aromatic carbocycles. The van der Waals surface area contributed by atoms with Crippen molar-refractivity contribution in [3.8, 4) is 0 Å². The zero-order valence-electron chi connectivity index (χ0n) is 8.63. The number of hydrogen-bond acceptors (Lipinski definition) is 3. The average Bonchev–Trinajstić information content (AvgIpc) is 2.15. The highest BCUT2D eigenvalue weighted by atomic mass is 16.2. The number of nitrogens with zero attached hydrogens (tertiary/aromatic N) is 1. The maximum absolute atomic E-state index is 11.3. The van der Waals surface area contributed by atoms with Crippen molar-refractivity contribution in [1.29, 1.82) is 0 Å². The van der Waals surface area contributed by atoms with Gasteiger partial charge in [-0.25, -0.2) is 0 Å². The predicted molar refractivity (Wildman–Crippen MR) is 52.6 cm³/mol. The second kappa shape index (κ2) is 4.58. The molecule has 1 aliphatic heterocycles. The van der Waals surface area contributed by atoms with Crippen molar-refractivity contribution in [2.75, 3.05) is 26.7 Å². The van der Waals surface area contributed by atoms with Gasteiger partial charge >= 0.3 is 0 Å². The van der Waals surface area contributed by atoms with Crippen molar-refractivity contribution >= 4 is 5.91 Å². The lowest BCUT2D eigenvalue weighted by molar-refractivity contribution is -0.125. The molecule has 2 N–H and O–H groups in total. The van der Waals surface area contributed by atoms with Crippen LogP contribution in [0.2, 0.25) is 0 Å². The van der Waals surface area contributed by atoms with Crippen LogP contribution in [0, 0.1) is 0 Å². The topological polar surface area (TPSA) is 44.4 Å². The van der Waals surface area contributed by atoms with Crippen LogP contribution in [0.15, 0.2) is 0 Å². The minimum atomic E-state index is -0.00505. The number of likely N-dealkylation sites (N-methyl/N-ethyl adjacent to an activating group) is 1. The molecule has 0 aliphatic carbocycles. The van der Waals surface area contributed by atoms with E-state index in [9.17, 15) is 4.79 Å². The molecule has 2 atom stereocenters. The van der Waals surface area contributed by atoms with Gasteiger partial charge in [0.2, 0.25) is 5.91 Å². The summed E-state index contributed by atoms with van der Waals surface area (Å²) in [6.45, 7) is 6.98. The molecule has 0 bridgehead atoms. The number of hydrogen-bond donors (Lipinski definition) is 2. The molecular weight excluding hydrogens is 166 g/mol. The molecule has 13 heavy (non-hydrogen) atoms. The Morgan fingerprint density at radius 2 is 2.38 bits per heavy atom. The van der Waals surface area contributed by atoms with Gasteiger partial charge in [-0.15, -0.1) is 0 Å². The third-order valence-electron chi connectivity index (χ3n) is 2.57. The molecule has 1 aliphatic rings. The summed E-state index contributed by atoms with van der Waals surface area (Å²) in [7, 11) is 1.68. The molecular formula is C9H19N3O. The minimum Gasteiger partial charge on any atom is -0.358 e. The Morgan fingerprint density at radius 1 is 1.69 bits per heavy atom. The third-order valence-corrected chi connectivity index (χ3v) is 2.57. The van der Waals surface area contributed by atoms with Gasteiger partial charge < -0.3 is 10.6 Å². The van der Waals surface area contributed by atoms with Gasteiger partial charge in [0.1, 0.15) is 0 Å². The van der Waals surface area contributed by atoms with Crippen LogP contribution < -0.4 is 10.6 Å². The van der Waals surface area contributed by atoms with Gasteiger partial charge in [0.25, 0.3) is 0 Å². The van der Waals surface area contributed by atoms with E-state index in [4.69, 9.17) is 0 Å². The van der Waals surface area contributed by atoms with E-state index in [-0.39, 0.29) is 11.9 Å². The van der Waals surface area contributed by atoms with Crippen LogP contribution in [0.5, 0.6) is 0 Å². The normalized spacial score (nSPS) is 26.8. The van der Waals surface area contributed by atoms with Crippen molar-refractivity contribution < 1.29 is 4.79 Å². The number of rotatable bonds is 2. The maximum Gasteiger partial charge on any atom is 0.236 e. The third kappa shape index (κ3) is 2.67. The first-order valence-corrected chi connectivity index (χ1v) is 4.84. The Hall–Kier alpha value is -0.610. The summed E-state index contributed by atoms with van der Waals surface area (Å²) in [4.78, 5) is 13.6. The summed E-state index contributed by atoms with van der Waals surface area (Å²) in [5.41, 5.74) is 0. The molecule has 0 aromatic heterocycles. The first kappa shape index (κ1) is 10.5. The monoisotopic (exact) mass is 185 g/mol. The van der Waals surface area contributed by atoms with Crippen LogP contribution >= 0.6 is 0 Å². The highest BCUT2D eigenvalue weighted by Crippen LogP contribution is 2.04. The SMILES string of the molecule is CNC(=O)C(C)N1CCN[C@H](C)C1. The lowest BCUT2D eigenvalue weighted by Crippen LogP contribution is -2.55. The summed E-state index contributed by atoms with van der Waals surface area (Å²) < 4.78 is 0. The second-order valence-electron chi connectivity index (χ2n) is 3.64. The first-order valence-electron chi connectivity index (χ1n) is 4.84. The van der Waals surface area contributed by atoms with Gasteiger partial charge in [0.05, 0.1) is 6.04 Å². The Kier molecular flexibility index (Phi) is 3.69. The fourth-order valence-corrected chi connectivity index (χ4v) is 1.69. The molecule has 0 radical (unpaired) electrons. The van der Waals surface area contributed by atoms with Crippen LogP contribution in [0.1, 0.15) is 13.8 Å². The smallest absolute Gasteiger partial charge is 0.236 e. The highest BCUT2D eigenvalue weighted by molar-refractivity contribution is 5.80. The Bertz CT molecular complexity index is 184. The van der Waals surface area contributed by atoms with Crippen LogP contribution in [-0.2, 0) is 4.79 Å². The highest BCUT2D eigenvalue weighted by Gasteiger charge is 2.24. The maximum atomic E-state index is 11.3. The number of carbonyl (C=O) groups is 1. The van der Waals surface area contributed by atoms with Crippen LogP contribution in [0.4, 0.5) is 0 Å². The second-order valence-corrected chi connectivity index (χ2v) is 3.64. The predicted octanol–water partition coefficient (Wildman–Crippen LogP) is -0.585. The summed E-state index contributed by atoms with van der Waals surface area (Å²) in [6.07, 6.45) is 0. The summed E-state index contributed by atoms with van der Waals surface area (Å²) in [5, 5.41) is 6.03. The molecule has 4 heteroatoms. The molecule has 76 valence electrons. The van der Waals surface area contributed by atoms with E-state index in [1.807, 2.05) is 6.92 Å². The van der Waals surface area contributed by atoms with E-state index in [2.05, 4.69) is 22.5 Å². The summed E-state index contributed by atoms with van der Waals surface area (Å²) in [6, 6.07) is 0.482. The molecule has 1 saturated heterocycles. The summed E-state index contributed by atoms with van der Waals surface area (Å²) in [5.74, 6) is 0.106. The van der Waals surface area contributed by atoms with Gasteiger partial charge in [0, 0.05) is 32.7 Å². The summed E-state index contributed by atoms with van der Waals surface area (Å²) >= 11 is 0. The Labute approximate surface area is 79.7 Å². The molecule has 1 rings (SSSR count). The van der Waals surface area contributed by atoms with E-state index in [0.717, 1.165) is 19.6 Å². The molecule has 1 unspecified atom stereocenters. The van der Waals surface area contributed by atoms with Crippen molar-refractivity contribution in [1.82, 2.24) is 15.5 Å². The lowest BCUT2D eigenvalue weighted by atomic mass is 10.2. The van der Waals surface area contributed by atoms with Gasteiger partial charge in [-0.05, 0) is 13.8 Å². The van der Waals surface area contributed by atoms with E-state index in [1.165, 1.54) is 0 Å². The van der Waals surface area contributed by atoms with E-state index < -0.39 is 0 Å². The van der Waals surface area contributed by atoms with Crippen LogP contribution in [0.25, 0.3) is 0 Å². The molecule has 0 saturated carbocycles. The van der Waals surface area contributed by atoms with Gasteiger partial charge in [-0.3, -0.25) is 9.69 Å². The van der Waals surface area contributed by atoms with Crippen molar-refractivity contribution in [2.45, 2.75) is 25.9 Å². The lowest BCUT2D eigenvalue weighted by Gasteiger charge is -2.35. The number of carbonyl (C=O) groups excluding carboxylic acids is 1. The number of amides is 1. The molecule has 4 nitrogen and oxygen atoms in total. The van der Waals surface area contributed by atoms with Gasteiger partial charge in [0.15, 0.2) is 0 Å². The molecule has 1 heterocycles. The van der Waals surface area contributed by atoms with Crippen LogP contribution in [-0.4, -0.2) is 49.6 Å². The molecule has 1 amide bonds. The van der Waals surface area contributed by atoms with Crippen molar-refractivity contribution in [3.63, 3.8) is 0 Å². The Morgan fingerprint density at radius 3 is 2.92 bits per heavy atom. The van der Waals surface area contributed by atoms with Crippen molar-refractivity contribution in [3.05, 3.63) is 0 Å². The molecule has 0 aromatic rings. The van der Waals surface area contributed by atoms with Crippen LogP contribution in [0.3, 0.4) is 0 Å². The zero-order chi connectivity index (χ0) is 9.84.